The summed E-state index contributed by atoms with van der Waals surface area (Å²) in [6.45, 7) is 18.8. The van der Waals surface area contributed by atoms with Gasteiger partial charge in [-0.25, -0.2) is 4.79 Å². The molecule has 0 unspecified atom stereocenters. The standard InChI is InChI=1S/C8H8.C5H8O2.C4H6.C3H3N/c1-2-8-6-4-3-5-7-8;1-3-5(6)7-4-2;1-3-4-2;1-2-3-4/h2-7H,1H2;3H,1,4H2,2H3;3-4H,1-2H2;2H,1H2. The second-order valence-electron chi connectivity index (χ2n) is 3.38. The maximum Gasteiger partial charge on any atom is 0.330 e. The smallest absolute Gasteiger partial charge is 0.330 e. The number of rotatable bonds is 4. The number of hydrogen-bond acceptors (Lipinski definition) is 3. The fourth-order valence-corrected chi connectivity index (χ4v) is 0.790. The van der Waals surface area contributed by atoms with E-state index in [-0.39, 0.29) is 5.97 Å². The fourth-order valence-electron chi connectivity index (χ4n) is 0.790. The number of nitrogens with zero attached hydrogens (tertiary/aromatic N) is 1. The molecule has 1 aromatic rings. The Labute approximate surface area is 140 Å². The van der Waals surface area contributed by atoms with Crippen LogP contribution in [0.2, 0.25) is 0 Å². The first-order chi connectivity index (χ1) is 11.1. The van der Waals surface area contributed by atoms with Gasteiger partial charge in [-0.1, -0.05) is 81.5 Å². The molecule has 23 heavy (non-hydrogen) atoms. The van der Waals surface area contributed by atoms with Gasteiger partial charge in [-0.2, -0.15) is 5.26 Å². The summed E-state index contributed by atoms with van der Waals surface area (Å²) in [6.07, 6.45) is 7.43. The van der Waals surface area contributed by atoms with E-state index in [4.69, 9.17) is 5.26 Å². The van der Waals surface area contributed by atoms with E-state index in [9.17, 15) is 4.79 Å². The largest absolute Gasteiger partial charge is 0.463 e. The van der Waals surface area contributed by atoms with Crippen LogP contribution in [0.4, 0.5) is 0 Å². The molecule has 3 heteroatoms. The summed E-state index contributed by atoms with van der Waals surface area (Å²) in [5.41, 5.74) is 1.17. The first-order valence-corrected chi connectivity index (χ1v) is 6.78. The van der Waals surface area contributed by atoms with Crippen LogP contribution >= 0.6 is 0 Å². The van der Waals surface area contributed by atoms with Crippen molar-refractivity contribution >= 4 is 12.0 Å². The molecule has 1 rings (SSSR count). The Balaban J connectivity index is -0.000000245. The second kappa shape index (κ2) is 23.9. The van der Waals surface area contributed by atoms with E-state index in [1.54, 1.807) is 25.1 Å². The van der Waals surface area contributed by atoms with Crippen molar-refractivity contribution in [1.82, 2.24) is 0 Å². The van der Waals surface area contributed by atoms with Crippen molar-refractivity contribution < 1.29 is 9.53 Å². The zero-order valence-electron chi connectivity index (χ0n) is 13.8. The molecular weight excluding hydrogens is 286 g/mol. The van der Waals surface area contributed by atoms with E-state index in [0.29, 0.717) is 6.61 Å². The number of hydrogen-bond donors (Lipinski definition) is 0. The summed E-state index contributed by atoms with van der Waals surface area (Å²) in [5, 5.41) is 7.51. The molecule has 0 saturated carbocycles. The summed E-state index contributed by atoms with van der Waals surface area (Å²) in [6, 6.07) is 11.7. The van der Waals surface area contributed by atoms with Gasteiger partial charge >= 0.3 is 5.97 Å². The summed E-state index contributed by atoms with van der Waals surface area (Å²) in [5.74, 6) is -0.359. The number of esters is 1. The number of benzene rings is 1. The molecule has 0 atom stereocenters. The predicted molar refractivity (Wildman–Crippen MR) is 99.6 cm³/mol. The summed E-state index contributed by atoms with van der Waals surface area (Å²) in [7, 11) is 0. The second-order valence-corrected chi connectivity index (χ2v) is 3.38. The lowest BCUT2D eigenvalue weighted by Crippen LogP contribution is -1.97. The van der Waals surface area contributed by atoms with Crippen LogP contribution in [0.15, 0.2) is 87.5 Å². The summed E-state index contributed by atoms with van der Waals surface area (Å²) in [4.78, 5) is 10.1. The number of ether oxygens (including phenoxy) is 1. The van der Waals surface area contributed by atoms with Gasteiger partial charge in [0.15, 0.2) is 0 Å². The highest BCUT2D eigenvalue weighted by Crippen LogP contribution is 1.97. The third-order valence-corrected chi connectivity index (χ3v) is 1.75. The average Bonchev–Trinajstić information content (AvgIpc) is 2.63. The SMILES string of the molecule is C=CC#N.C=CC(=O)OCC.C=CC=C.C=Cc1ccccc1. The Morgan fingerprint density at radius 2 is 1.61 bits per heavy atom. The average molecular weight is 311 g/mol. The molecule has 0 aliphatic heterocycles. The van der Waals surface area contributed by atoms with Crippen LogP contribution in [-0.2, 0) is 9.53 Å². The van der Waals surface area contributed by atoms with E-state index in [1.807, 2.05) is 36.4 Å². The molecule has 0 spiro atoms. The van der Waals surface area contributed by atoms with Crippen LogP contribution in [-0.4, -0.2) is 12.6 Å². The highest BCUT2D eigenvalue weighted by atomic mass is 16.5. The lowest BCUT2D eigenvalue weighted by Gasteiger charge is -1.90. The normalized spacial score (nSPS) is 6.78. The van der Waals surface area contributed by atoms with Crippen molar-refractivity contribution in [2.75, 3.05) is 6.61 Å². The Bertz CT molecular complexity index is 490. The summed E-state index contributed by atoms with van der Waals surface area (Å²) < 4.78 is 4.43. The Hall–Kier alpha value is -3.12. The minimum Gasteiger partial charge on any atom is -0.463 e. The van der Waals surface area contributed by atoms with Crippen molar-refractivity contribution in [2.45, 2.75) is 6.92 Å². The molecule has 0 aromatic heterocycles. The molecule has 0 N–H and O–H groups in total. The van der Waals surface area contributed by atoms with Crippen LogP contribution in [0.1, 0.15) is 12.5 Å². The van der Waals surface area contributed by atoms with Crippen molar-refractivity contribution in [1.29, 1.82) is 5.26 Å². The van der Waals surface area contributed by atoms with Gasteiger partial charge < -0.3 is 4.74 Å². The molecular formula is C20H25NO2. The van der Waals surface area contributed by atoms with Gasteiger partial charge in [0.2, 0.25) is 0 Å². The highest BCUT2D eigenvalue weighted by molar-refractivity contribution is 5.81. The van der Waals surface area contributed by atoms with Gasteiger partial charge in [0, 0.05) is 12.2 Å². The van der Waals surface area contributed by atoms with Gasteiger partial charge in [-0.15, -0.1) is 0 Å². The topological polar surface area (TPSA) is 50.1 Å². The predicted octanol–water partition coefficient (Wildman–Crippen LogP) is 5.12. The number of carbonyl (C=O) groups is 1. The van der Waals surface area contributed by atoms with E-state index < -0.39 is 0 Å². The highest BCUT2D eigenvalue weighted by Gasteiger charge is 1.86. The Morgan fingerprint density at radius 1 is 1.13 bits per heavy atom. The Kier molecular flexibility index (Phi) is 25.9. The molecule has 0 aliphatic rings. The molecule has 0 amide bonds. The van der Waals surface area contributed by atoms with E-state index in [2.05, 4.69) is 37.6 Å². The van der Waals surface area contributed by atoms with E-state index >= 15 is 0 Å². The minimum atomic E-state index is -0.359. The van der Waals surface area contributed by atoms with Crippen LogP contribution in [0.25, 0.3) is 6.08 Å². The monoisotopic (exact) mass is 311 g/mol. The number of nitriles is 1. The van der Waals surface area contributed by atoms with Crippen molar-refractivity contribution in [2.24, 2.45) is 0 Å². The first kappa shape index (κ1) is 24.9. The van der Waals surface area contributed by atoms with Crippen LogP contribution in [0, 0.1) is 11.3 Å². The molecule has 1 aromatic carbocycles. The maximum atomic E-state index is 10.1. The molecule has 3 nitrogen and oxygen atoms in total. The van der Waals surface area contributed by atoms with Gasteiger partial charge in [-0.05, 0) is 12.5 Å². The van der Waals surface area contributed by atoms with E-state index in [1.165, 1.54) is 11.6 Å². The summed E-state index contributed by atoms with van der Waals surface area (Å²) >= 11 is 0. The molecule has 0 aliphatic carbocycles. The number of carbonyl (C=O) groups excluding carboxylic acids is 1. The third kappa shape index (κ3) is 27.9. The molecule has 0 fully saturated rings. The van der Waals surface area contributed by atoms with Crippen molar-refractivity contribution in [3.63, 3.8) is 0 Å². The van der Waals surface area contributed by atoms with E-state index in [0.717, 1.165) is 6.08 Å². The lowest BCUT2D eigenvalue weighted by molar-refractivity contribution is -0.137. The fraction of sp³-hybridized carbons (Fsp3) is 0.100. The van der Waals surface area contributed by atoms with Crippen molar-refractivity contribution in [3.05, 3.63) is 93.1 Å². The first-order valence-electron chi connectivity index (χ1n) is 6.78. The Morgan fingerprint density at radius 3 is 1.78 bits per heavy atom. The van der Waals surface area contributed by atoms with Crippen molar-refractivity contribution in [3.8, 4) is 6.07 Å². The van der Waals surface area contributed by atoms with Gasteiger partial charge in [0.25, 0.3) is 0 Å². The molecule has 122 valence electrons. The minimum absolute atomic E-state index is 0.359. The molecule has 0 radical (unpaired) electrons. The molecule has 0 heterocycles. The third-order valence-electron chi connectivity index (χ3n) is 1.75. The van der Waals surface area contributed by atoms with Gasteiger partial charge in [-0.3, -0.25) is 0 Å². The van der Waals surface area contributed by atoms with Gasteiger partial charge in [0.05, 0.1) is 12.7 Å². The van der Waals surface area contributed by atoms with Gasteiger partial charge in [0.1, 0.15) is 0 Å². The van der Waals surface area contributed by atoms with Crippen LogP contribution in [0.3, 0.4) is 0 Å². The van der Waals surface area contributed by atoms with Crippen LogP contribution in [0.5, 0.6) is 0 Å². The zero-order chi connectivity index (χ0) is 18.3. The van der Waals surface area contributed by atoms with Crippen LogP contribution < -0.4 is 0 Å². The molecule has 0 bridgehead atoms. The quantitative estimate of drug-likeness (QED) is 0.335. The zero-order valence-corrected chi connectivity index (χ0v) is 13.8. The number of allylic oxidation sites excluding steroid dienone is 3. The maximum absolute atomic E-state index is 10.1. The lowest BCUT2D eigenvalue weighted by atomic mass is 10.2. The molecule has 0 saturated heterocycles.